The van der Waals surface area contributed by atoms with Gasteiger partial charge in [-0.2, -0.15) is 0 Å². The number of amides is 1. The number of nitrogens with one attached hydrogen (secondary N) is 2. The lowest BCUT2D eigenvalue weighted by Gasteiger charge is -2.06. The number of pyridine rings is 1. The minimum atomic E-state index is -0.0519. The third-order valence-corrected chi connectivity index (χ3v) is 2.67. The molecule has 0 aliphatic carbocycles. The minimum absolute atomic E-state index is 0. The van der Waals surface area contributed by atoms with Crippen LogP contribution in [-0.4, -0.2) is 34.9 Å². The monoisotopic (exact) mass is 318 g/mol. The van der Waals surface area contributed by atoms with Gasteiger partial charge in [0.05, 0.1) is 5.56 Å². The van der Waals surface area contributed by atoms with E-state index in [1.807, 2.05) is 16.7 Å². The second-order valence-electron chi connectivity index (χ2n) is 4.12. The van der Waals surface area contributed by atoms with Gasteiger partial charge in [-0.3, -0.25) is 4.79 Å². The maximum atomic E-state index is 11.9. The SMILES string of the molecule is CCCNCCNC(=O)c1ccc2nccn2c1.Cl.Cl. The van der Waals surface area contributed by atoms with Crippen LogP contribution in [0.5, 0.6) is 0 Å². The normalized spacial score (nSPS) is 9.65. The van der Waals surface area contributed by atoms with Crippen molar-refractivity contribution >= 4 is 36.4 Å². The van der Waals surface area contributed by atoms with E-state index in [0.29, 0.717) is 12.1 Å². The summed E-state index contributed by atoms with van der Waals surface area (Å²) in [6.45, 7) is 4.54. The van der Waals surface area contributed by atoms with Gasteiger partial charge in [-0.05, 0) is 25.1 Å². The summed E-state index contributed by atoms with van der Waals surface area (Å²) in [5, 5.41) is 6.12. The second kappa shape index (κ2) is 9.58. The molecular weight excluding hydrogens is 299 g/mol. The quantitative estimate of drug-likeness (QED) is 0.800. The summed E-state index contributed by atoms with van der Waals surface area (Å²) < 4.78 is 1.84. The predicted octanol–water partition coefficient (Wildman–Crippen LogP) is 1.91. The zero-order valence-corrected chi connectivity index (χ0v) is 13.0. The van der Waals surface area contributed by atoms with Gasteiger partial charge in [0.25, 0.3) is 5.91 Å². The van der Waals surface area contributed by atoms with Crippen molar-refractivity contribution in [2.75, 3.05) is 19.6 Å². The van der Waals surface area contributed by atoms with Crippen molar-refractivity contribution in [2.24, 2.45) is 0 Å². The molecule has 0 unspecified atom stereocenters. The molecule has 0 aliphatic heterocycles. The third-order valence-electron chi connectivity index (χ3n) is 2.67. The molecule has 112 valence electrons. The Morgan fingerprint density at radius 1 is 1.25 bits per heavy atom. The van der Waals surface area contributed by atoms with Crippen molar-refractivity contribution in [3.8, 4) is 0 Å². The molecule has 0 radical (unpaired) electrons. The van der Waals surface area contributed by atoms with Crippen LogP contribution in [-0.2, 0) is 0 Å². The highest BCUT2D eigenvalue weighted by molar-refractivity contribution is 5.94. The molecular formula is C13H20Cl2N4O. The molecule has 2 N–H and O–H groups in total. The summed E-state index contributed by atoms with van der Waals surface area (Å²) in [4.78, 5) is 16.0. The van der Waals surface area contributed by atoms with Crippen LogP contribution < -0.4 is 10.6 Å². The number of nitrogens with zero attached hydrogens (tertiary/aromatic N) is 2. The molecule has 2 heterocycles. The van der Waals surface area contributed by atoms with Crippen molar-refractivity contribution < 1.29 is 4.79 Å². The smallest absolute Gasteiger partial charge is 0.252 e. The molecule has 20 heavy (non-hydrogen) atoms. The molecule has 0 aromatic carbocycles. The molecule has 5 nitrogen and oxygen atoms in total. The molecule has 0 saturated carbocycles. The van der Waals surface area contributed by atoms with Crippen LogP contribution in [0.1, 0.15) is 23.7 Å². The summed E-state index contributed by atoms with van der Waals surface area (Å²) in [6.07, 6.45) is 6.43. The molecule has 0 spiro atoms. The Bertz CT molecular complexity index is 530. The van der Waals surface area contributed by atoms with Crippen LogP contribution in [0, 0.1) is 0 Å². The Hall–Kier alpha value is -1.30. The zero-order chi connectivity index (χ0) is 12.8. The Morgan fingerprint density at radius 3 is 2.80 bits per heavy atom. The molecule has 0 saturated heterocycles. The molecule has 0 fully saturated rings. The van der Waals surface area contributed by atoms with Crippen LogP contribution in [0.15, 0.2) is 30.7 Å². The standard InChI is InChI=1S/C13H18N4O.2ClH/c1-2-5-14-6-7-16-13(18)11-3-4-12-15-8-9-17(12)10-11;;/h3-4,8-10,14H,2,5-7H2,1H3,(H,16,18);2*1H. The Kier molecular flexibility index (Phi) is 8.96. The fraction of sp³-hybridized carbons (Fsp3) is 0.385. The zero-order valence-electron chi connectivity index (χ0n) is 11.3. The number of rotatable bonds is 6. The van der Waals surface area contributed by atoms with Gasteiger partial charge in [-0.15, -0.1) is 24.8 Å². The van der Waals surface area contributed by atoms with Crippen molar-refractivity contribution in [1.29, 1.82) is 0 Å². The van der Waals surface area contributed by atoms with E-state index in [-0.39, 0.29) is 30.7 Å². The molecule has 2 rings (SSSR count). The number of imidazole rings is 1. The van der Waals surface area contributed by atoms with Gasteiger partial charge in [0, 0.05) is 31.7 Å². The number of carbonyl (C=O) groups excluding carboxylic acids is 1. The topological polar surface area (TPSA) is 58.4 Å². The highest BCUT2D eigenvalue weighted by atomic mass is 35.5. The van der Waals surface area contributed by atoms with Crippen molar-refractivity contribution in [1.82, 2.24) is 20.0 Å². The first-order valence-corrected chi connectivity index (χ1v) is 6.23. The molecule has 1 amide bonds. The molecule has 7 heteroatoms. The first-order chi connectivity index (χ1) is 8.81. The van der Waals surface area contributed by atoms with Crippen LogP contribution in [0.4, 0.5) is 0 Å². The lowest BCUT2D eigenvalue weighted by atomic mass is 10.2. The van der Waals surface area contributed by atoms with Crippen molar-refractivity contribution in [2.45, 2.75) is 13.3 Å². The van der Waals surface area contributed by atoms with Crippen LogP contribution in [0.3, 0.4) is 0 Å². The van der Waals surface area contributed by atoms with Gasteiger partial charge in [0.1, 0.15) is 5.65 Å². The predicted molar refractivity (Wildman–Crippen MR) is 85.2 cm³/mol. The minimum Gasteiger partial charge on any atom is -0.351 e. The number of hydrogen-bond acceptors (Lipinski definition) is 3. The van der Waals surface area contributed by atoms with E-state index in [4.69, 9.17) is 0 Å². The van der Waals surface area contributed by atoms with Gasteiger partial charge < -0.3 is 15.0 Å². The highest BCUT2D eigenvalue weighted by Gasteiger charge is 2.05. The summed E-state index contributed by atoms with van der Waals surface area (Å²) >= 11 is 0. The first-order valence-electron chi connectivity index (χ1n) is 6.23. The largest absolute Gasteiger partial charge is 0.351 e. The molecule has 0 atom stereocenters. The maximum absolute atomic E-state index is 11.9. The number of halogens is 2. The Labute approximate surface area is 131 Å². The molecule has 2 aromatic rings. The lowest BCUT2D eigenvalue weighted by Crippen LogP contribution is -2.32. The fourth-order valence-corrected chi connectivity index (χ4v) is 1.72. The van der Waals surface area contributed by atoms with Gasteiger partial charge in [0.15, 0.2) is 0 Å². The Balaban J connectivity index is 0.00000180. The van der Waals surface area contributed by atoms with Gasteiger partial charge in [-0.25, -0.2) is 4.98 Å². The van der Waals surface area contributed by atoms with E-state index in [1.54, 1.807) is 18.5 Å². The summed E-state index contributed by atoms with van der Waals surface area (Å²) in [7, 11) is 0. The van der Waals surface area contributed by atoms with Crippen LogP contribution >= 0.6 is 24.8 Å². The van der Waals surface area contributed by atoms with Crippen molar-refractivity contribution in [3.05, 3.63) is 36.3 Å². The molecule has 2 aromatic heterocycles. The average Bonchev–Trinajstić information content (AvgIpc) is 2.85. The van der Waals surface area contributed by atoms with E-state index in [9.17, 15) is 4.79 Å². The summed E-state index contributed by atoms with van der Waals surface area (Å²) in [5.74, 6) is -0.0519. The average molecular weight is 319 g/mol. The fourth-order valence-electron chi connectivity index (χ4n) is 1.72. The number of aromatic nitrogens is 2. The van der Waals surface area contributed by atoms with E-state index < -0.39 is 0 Å². The van der Waals surface area contributed by atoms with Gasteiger partial charge in [0.2, 0.25) is 0 Å². The maximum Gasteiger partial charge on any atom is 0.252 e. The second-order valence-corrected chi connectivity index (χ2v) is 4.12. The van der Waals surface area contributed by atoms with Crippen LogP contribution in [0.25, 0.3) is 5.65 Å². The van der Waals surface area contributed by atoms with Gasteiger partial charge >= 0.3 is 0 Å². The highest BCUT2D eigenvalue weighted by Crippen LogP contribution is 2.04. The van der Waals surface area contributed by atoms with E-state index >= 15 is 0 Å². The lowest BCUT2D eigenvalue weighted by molar-refractivity contribution is 0.0953. The van der Waals surface area contributed by atoms with E-state index in [1.165, 1.54) is 0 Å². The molecule has 0 aliphatic rings. The van der Waals surface area contributed by atoms with Crippen molar-refractivity contribution in [3.63, 3.8) is 0 Å². The third kappa shape index (κ3) is 5.00. The first kappa shape index (κ1) is 18.7. The van der Waals surface area contributed by atoms with E-state index in [2.05, 4.69) is 22.5 Å². The summed E-state index contributed by atoms with van der Waals surface area (Å²) in [5.41, 5.74) is 1.49. The number of fused-ring (bicyclic) bond motifs is 1. The number of carbonyl (C=O) groups is 1. The van der Waals surface area contributed by atoms with E-state index in [0.717, 1.165) is 25.2 Å². The van der Waals surface area contributed by atoms with Gasteiger partial charge in [-0.1, -0.05) is 6.92 Å². The molecule has 0 bridgehead atoms. The summed E-state index contributed by atoms with van der Waals surface area (Å²) in [6, 6.07) is 3.63. The Morgan fingerprint density at radius 2 is 2.05 bits per heavy atom. The van der Waals surface area contributed by atoms with Crippen LogP contribution in [0.2, 0.25) is 0 Å². The number of hydrogen-bond donors (Lipinski definition) is 2.